The molecule has 0 aliphatic carbocycles. The average Bonchev–Trinajstić information content (AvgIpc) is 2.28. The van der Waals surface area contributed by atoms with E-state index < -0.39 is 5.97 Å². The largest absolute Gasteiger partial charge is 0.481 e. The molecule has 4 N–H and O–H groups in total. The Kier molecular flexibility index (Phi) is 5.32. The number of nitrogens with two attached hydrogens (primary N) is 1. The molecule has 0 radical (unpaired) electrons. The number of aliphatic carboxylic acids is 1. The molecule has 0 saturated carbocycles. The van der Waals surface area contributed by atoms with E-state index in [0.29, 0.717) is 24.1 Å². The molecule has 1 aromatic carbocycles. The van der Waals surface area contributed by atoms with Gasteiger partial charge in [-0.2, -0.15) is 0 Å². The molecule has 98 valence electrons. The third-order valence-corrected chi connectivity index (χ3v) is 2.42. The van der Waals surface area contributed by atoms with Gasteiger partial charge in [-0.1, -0.05) is 12.1 Å². The number of carboxylic acid groups (broad SMARTS) is 1. The van der Waals surface area contributed by atoms with Crippen LogP contribution in [0.3, 0.4) is 0 Å². The van der Waals surface area contributed by atoms with Crippen molar-refractivity contribution in [1.29, 1.82) is 0 Å². The fraction of sp³-hybridized carbons (Fsp3) is 0.385. The molecule has 0 saturated heterocycles. The third kappa shape index (κ3) is 5.45. The smallest absolute Gasteiger partial charge is 0.307 e. The Balaban J connectivity index is 2.48. The molecular weight excluding hydrogens is 232 g/mol. The predicted molar refractivity (Wildman–Crippen MR) is 69.3 cm³/mol. The molecule has 0 aliphatic rings. The van der Waals surface area contributed by atoms with Crippen molar-refractivity contribution >= 4 is 17.6 Å². The first-order valence-electron chi connectivity index (χ1n) is 5.83. The van der Waals surface area contributed by atoms with Gasteiger partial charge in [-0.25, -0.2) is 0 Å². The molecule has 18 heavy (non-hydrogen) atoms. The first kappa shape index (κ1) is 14.2. The van der Waals surface area contributed by atoms with Gasteiger partial charge in [0.2, 0.25) is 5.91 Å². The summed E-state index contributed by atoms with van der Waals surface area (Å²) in [4.78, 5) is 22.0. The lowest BCUT2D eigenvalue weighted by Crippen LogP contribution is -2.19. The van der Waals surface area contributed by atoms with Crippen molar-refractivity contribution in [3.63, 3.8) is 0 Å². The molecule has 1 amide bonds. The fourth-order valence-electron chi connectivity index (χ4n) is 1.46. The van der Waals surface area contributed by atoms with Crippen molar-refractivity contribution in [2.45, 2.75) is 32.2 Å². The predicted octanol–water partition coefficient (Wildman–Crippen LogP) is 1.38. The maximum absolute atomic E-state index is 11.5. The quantitative estimate of drug-likeness (QED) is 0.711. The van der Waals surface area contributed by atoms with Gasteiger partial charge < -0.3 is 16.2 Å². The minimum atomic E-state index is -0.872. The van der Waals surface area contributed by atoms with Crippen LogP contribution in [-0.4, -0.2) is 23.0 Å². The number of hydrogen-bond acceptors (Lipinski definition) is 3. The lowest BCUT2D eigenvalue weighted by molar-refractivity contribution is -0.136. The van der Waals surface area contributed by atoms with Gasteiger partial charge in [0.25, 0.3) is 0 Å². The van der Waals surface area contributed by atoms with E-state index in [1.54, 1.807) is 24.3 Å². The Labute approximate surface area is 106 Å². The van der Waals surface area contributed by atoms with Crippen LogP contribution in [0.15, 0.2) is 24.3 Å². The molecule has 0 aliphatic heterocycles. The zero-order chi connectivity index (χ0) is 13.5. The summed E-state index contributed by atoms with van der Waals surface area (Å²) in [5.41, 5.74) is 6.93. The number of amides is 1. The highest BCUT2D eigenvalue weighted by Crippen LogP contribution is 2.11. The average molecular weight is 250 g/mol. The Morgan fingerprint density at radius 2 is 1.94 bits per heavy atom. The molecule has 1 atom stereocenters. The second kappa shape index (κ2) is 6.76. The number of hydrogen-bond donors (Lipinski definition) is 3. The van der Waals surface area contributed by atoms with E-state index >= 15 is 0 Å². The number of carbonyl (C=O) groups excluding carboxylic acids is 1. The molecule has 0 bridgehead atoms. The van der Waals surface area contributed by atoms with Crippen molar-refractivity contribution in [1.82, 2.24) is 0 Å². The van der Waals surface area contributed by atoms with Crippen LogP contribution < -0.4 is 11.1 Å². The van der Waals surface area contributed by atoms with Crippen LogP contribution in [0.2, 0.25) is 0 Å². The minimum Gasteiger partial charge on any atom is -0.481 e. The van der Waals surface area contributed by atoms with Gasteiger partial charge in [-0.05, 0) is 31.0 Å². The van der Waals surface area contributed by atoms with E-state index in [1.165, 1.54) is 0 Å². The van der Waals surface area contributed by atoms with Crippen molar-refractivity contribution in [2.75, 3.05) is 5.32 Å². The van der Waals surface area contributed by atoms with E-state index in [0.717, 1.165) is 0 Å². The first-order chi connectivity index (χ1) is 8.47. The summed E-state index contributed by atoms with van der Waals surface area (Å²) in [7, 11) is 0. The Morgan fingerprint density at radius 1 is 1.33 bits per heavy atom. The topological polar surface area (TPSA) is 92.4 Å². The fourth-order valence-corrected chi connectivity index (χ4v) is 1.46. The molecule has 0 heterocycles. The number of nitrogens with one attached hydrogen (secondary N) is 1. The summed E-state index contributed by atoms with van der Waals surface area (Å²) in [6, 6.07) is 6.78. The lowest BCUT2D eigenvalue weighted by atomic mass is 10.1. The molecule has 0 fully saturated rings. The Bertz CT molecular complexity index is 413. The molecule has 0 aromatic heterocycles. The van der Waals surface area contributed by atoms with E-state index in [1.807, 2.05) is 6.92 Å². The maximum Gasteiger partial charge on any atom is 0.307 e. The second-order valence-electron chi connectivity index (χ2n) is 4.33. The van der Waals surface area contributed by atoms with Gasteiger partial charge in [0.15, 0.2) is 0 Å². The van der Waals surface area contributed by atoms with Gasteiger partial charge >= 0.3 is 5.97 Å². The van der Waals surface area contributed by atoms with Crippen LogP contribution in [0.4, 0.5) is 5.69 Å². The lowest BCUT2D eigenvalue weighted by Gasteiger charge is -2.07. The molecular formula is C13H18N2O3. The highest BCUT2D eigenvalue weighted by atomic mass is 16.4. The van der Waals surface area contributed by atoms with Gasteiger partial charge in [-0.3, -0.25) is 9.59 Å². The van der Waals surface area contributed by atoms with Crippen molar-refractivity contribution < 1.29 is 14.7 Å². The number of anilines is 1. The summed E-state index contributed by atoms with van der Waals surface area (Å²) in [5.74, 6) is -0.956. The maximum atomic E-state index is 11.5. The molecule has 1 rings (SSSR count). The van der Waals surface area contributed by atoms with Gasteiger partial charge in [0.05, 0.1) is 6.42 Å². The molecule has 5 nitrogen and oxygen atoms in total. The van der Waals surface area contributed by atoms with Crippen molar-refractivity contribution in [3.8, 4) is 0 Å². The summed E-state index contributed by atoms with van der Waals surface area (Å²) in [5, 5.41) is 11.4. The van der Waals surface area contributed by atoms with Crippen LogP contribution in [0.1, 0.15) is 25.3 Å². The summed E-state index contributed by atoms with van der Waals surface area (Å²) >= 11 is 0. The van der Waals surface area contributed by atoms with Gasteiger partial charge in [-0.15, -0.1) is 0 Å². The number of carboxylic acids is 1. The summed E-state index contributed by atoms with van der Waals surface area (Å²) in [6.45, 7) is 1.86. The van der Waals surface area contributed by atoms with E-state index in [2.05, 4.69) is 5.32 Å². The first-order valence-corrected chi connectivity index (χ1v) is 5.83. The molecule has 1 aromatic rings. The normalized spacial score (nSPS) is 11.9. The Morgan fingerprint density at radius 3 is 2.44 bits per heavy atom. The molecule has 0 spiro atoms. The highest BCUT2D eigenvalue weighted by Gasteiger charge is 2.05. The van der Waals surface area contributed by atoms with E-state index in [4.69, 9.17) is 10.8 Å². The number of rotatable bonds is 6. The monoisotopic (exact) mass is 250 g/mol. The van der Waals surface area contributed by atoms with Crippen LogP contribution in [0.25, 0.3) is 0 Å². The Hall–Kier alpha value is -1.88. The van der Waals surface area contributed by atoms with Crippen LogP contribution in [0.5, 0.6) is 0 Å². The minimum absolute atomic E-state index is 0.00805. The zero-order valence-corrected chi connectivity index (χ0v) is 10.3. The van der Waals surface area contributed by atoms with Crippen LogP contribution >= 0.6 is 0 Å². The highest BCUT2D eigenvalue weighted by molar-refractivity contribution is 5.90. The summed E-state index contributed by atoms with van der Waals surface area (Å²) < 4.78 is 0. The van der Waals surface area contributed by atoms with Crippen LogP contribution in [-0.2, 0) is 16.0 Å². The second-order valence-corrected chi connectivity index (χ2v) is 4.33. The van der Waals surface area contributed by atoms with E-state index in [9.17, 15) is 9.59 Å². The molecule has 5 heteroatoms. The van der Waals surface area contributed by atoms with Gasteiger partial charge in [0.1, 0.15) is 0 Å². The zero-order valence-electron chi connectivity index (χ0n) is 10.3. The van der Waals surface area contributed by atoms with Crippen molar-refractivity contribution in [3.05, 3.63) is 29.8 Å². The van der Waals surface area contributed by atoms with E-state index in [-0.39, 0.29) is 18.4 Å². The van der Waals surface area contributed by atoms with Crippen LogP contribution in [0, 0.1) is 0 Å². The SMILES string of the molecule is CC(N)CCC(=O)Nc1ccc(CC(=O)O)cc1. The van der Waals surface area contributed by atoms with Crippen molar-refractivity contribution in [2.24, 2.45) is 5.73 Å². The standard InChI is InChI=1S/C13H18N2O3/c1-9(14)2-7-12(16)15-11-5-3-10(4-6-11)8-13(17)18/h3-6,9H,2,7-8,14H2,1H3,(H,15,16)(H,17,18). The van der Waals surface area contributed by atoms with Gasteiger partial charge in [0, 0.05) is 18.2 Å². The third-order valence-electron chi connectivity index (χ3n) is 2.42. The number of carbonyl (C=O) groups is 2. The number of benzene rings is 1. The molecule has 1 unspecified atom stereocenters. The summed E-state index contributed by atoms with van der Waals surface area (Å²) in [6.07, 6.45) is 1.01.